The van der Waals surface area contributed by atoms with Crippen LogP contribution in [0.25, 0.3) is 5.82 Å². The van der Waals surface area contributed by atoms with Crippen LogP contribution in [-0.4, -0.2) is 63.4 Å². The van der Waals surface area contributed by atoms with Crippen molar-refractivity contribution >= 4 is 5.91 Å². The largest absolute Gasteiger partial charge is 0.378 e. The topological polar surface area (TPSA) is 107 Å². The van der Waals surface area contributed by atoms with Gasteiger partial charge in [-0.25, -0.2) is 4.98 Å². The van der Waals surface area contributed by atoms with E-state index in [4.69, 9.17) is 4.74 Å². The molecule has 1 aliphatic heterocycles. The Morgan fingerprint density at radius 2 is 2.41 bits per heavy atom. The Morgan fingerprint density at radius 3 is 3.18 bits per heavy atom. The van der Waals surface area contributed by atoms with Crippen molar-refractivity contribution in [2.24, 2.45) is 0 Å². The first kappa shape index (κ1) is 14.5. The van der Waals surface area contributed by atoms with Crippen LogP contribution in [0.5, 0.6) is 0 Å². The van der Waals surface area contributed by atoms with E-state index in [1.165, 1.54) is 11.0 Å². The minimum absolute atomic E-state index is 0.0303. The lowest BCUT2D eigenvalue weighted by molar-refractivity contribution is 0.0475. The Kier molecular flexibility index (Phi) is 4.35. The maximum absolute atomic E-state index is 12.4. The smallest absolute Gasteiger partial charge is 0.270 e. The van der Waals surface area contributed by atoms with E-state index >= 15 is 0 Å². The molecule has 0 aromatic carbocycles. The number of carbonyl (C=O) groups is 1. The SMILES string of the molecule is CO[C@H]1CNCC[C@H]1NC(=O)c1cccc(-n2cnnn2)n1. The van der Waals surface area contributed by atoms with Gasteiger partial charge >= 0.3 is 0 Å². The summed E-state index contributed by atoms with van der Waals surface area (Å²) in [6, 6.07) is 5.11. The molecular weight excluding hydrogens is 286 g/mol. The van der Waals surface area contributed by atoms with Gasteiger partial charge in [0.25, 0.3) is 5.91 Å². The van der Waals surface area contributed by atoms with Crippen LogP contribution < -0.4 is 10.6 Å². The molecule has 3 heterocycles. The van der Waals surface area contributed by atoms with Gasteiger partial charge in [-0.3, -0.25) is 4.79 Å². The lowest BCUT2D eigenvalue weighted by Gasteiger charge is -2.31. The number of nitrogens with zero attached hydrogens (tertiary/aromatic N) is 5. The van der Waals surface area contributed by atoms with Gasteiger partial charge in [0.1, 0.15) is 12.0 Å². The van der Waals surface area contributed by atoms with Crippen LogP contribution in [0.2, 0.25) is 0 Å². The summed E-state index contributed by atoms with van der Waals surface area (Å²) in [7, 11) is 1.65. The van der Waals surface area contributed by atoms with E-state index in [1.807, 2.05) is 0 Å². The number of aromatic nitrogens is 5. The normalized spacial score (nSPS) is 21.5. The molecule has 0 unspecified atom stereocenters. The predicted molar refractivity (Wildman–Crippen MR) is 76.5 cm³/mol. The van der Waals surface area contributed by atoms with Gasteiger partial charge in [0.2, 0.25) is 0 Å². The third-order valence-corrected chi connectivity index (χ3v) is 3.60. The number of hydrogen-bond donors (Lipinski definition) is 2. The maximum atomic E-state index is 12.4. The molecule has 2 aromatic heterocycles. The van der Waals surface area contributed by atoms with Crippen LogP contribution in [0.1, 0.15) is 16.9 Å². The molecule has 2 N–H and O–H groups in total. The van der Waals surface area contributed by atoms with Crippen molar-refractivity contribution in [3.63, 3.8) is 0 Å². The van der Waals surface area contributed by atoms with Crippen molar-refractivity contribution < 1.29 is 9.53 Å². The monoisotopic (exact) mass is 303 g/mol. The lowest BCUT2D eigenvalue weighted by atomic mass is 10.0. The van der Waals surface area contributed by atoms with Crippen LogP contribution >= 0.6 is 0 Å². The third kappa shape index (κ3) is 3.10. The third-order valence-electron chi connectivity index (χ3n) is 3.60. The molecular formula is C13H17N7O2. The first-order valence-electron chi connectivity index (χ1n) is 7.02. The highest BCUT2D eigenvalue weighted by atomic mass is 16.5. The van der Waals surface area contributed by atoms with Crippen LogP contribution in [0, 0.1) is 0 Å². The van der Waals surface area contributed by atoms with Crippen molar-refractivity contribution in [1.29, 1.82) is 0 Å². The summed E-state index contributed by atoms with van der Waals surface area (Å²) in [5.41, 5.74) is 0.321. The average Bonchev–Trinajstić information content (AvgIpc) is 3.10. The Morgan fingerprint density at radius 1 is 1.50 bits per heavy atom. The molecule has 0 spiro atoms. The molecule has 0 radical (unpaired) electrons. The van der Waals surface area contributed by atoms with Gasteiger partial charge in [0.15, 0.2) is 5.82 Å². The quantitative estimate of drug-likeness (QED) is 0.758. The minimum atomic E-state index is -0.233. The van der Waals surface area contributed by atoms with Crippen molar-refractivity contribution in [3.05, 3.63) is 30.2 Å². The summed E-state index contributed by atoms with van der Waals surface area (Å²) in [6.07, 6.45) is 2.20. The molecule has 0 bridgehead atoms. The molecule has 3 rings (SSSR count). The summed E-state index contributed by atoms with van der Waals surface area (Å²) in [6.45, 7) is 1.57. The molecule has 2 atom stereocenters. The highest BCUT2D eigenvalue weighted by Gasteiger charge is 2.26. The fraction of sp³-hybridized carbons (Fsp3) is 0.462. The Balaban J connectivity index is 1.73. The molecule has 1 saturated heterocycles. The second-order valence-electron chi connectivity index (χ2n) is 4.98. The maximum Gasteiger partial charge on any atom is 0.270 e. The Bertz CT molecular complexity index is 631. The molecule has 1 aliphatic rings. The van der Waals surface area contributed by atoms with Gasteiger partial charge in [-0.05, 0) is 35.5 Å². The average molecular weight is 303 g/mol. The molecule has 9 heteroatoms. The lowest BCUT2D eigenvalue weighted by Crippen LogP contribution is -2.53. The Labute approximate surface area is 127 Å². The summed E-state index contributed by atoms with van der Waals surface area (Å²) in [5, 5.41) is 17.1. The highest BCUT2D eigenvalue weighted by Crippen LogP contribution is 2.09. The second kappa shape index (κ2) is 6.58. The predicted octanol–water partition coefficient (Wildman–Crippen LogP) is -0.836. The van der Waals surface area contributed by atoms with Gasteiger partial charge < -0.3 is 15.4 Å². The van der Waals surface area contributed by atoms with Gasteiger partial charge in [0.05, 0.1) is 12.1 Å². The molecule has 0 aliphatic carbocycles. The molecule has 0 saturated carbocycles. The van der Waals surface area contributed by atoms with E-state index in [1.54, 1.807) is 25.3 Å². The van der Waals surface area contributed by atoms with Gasteiger partial charge in [-0.15, -0.1) is 5.10 Å². The fourth-order valence-electron chi connectivity index (χ4n) is 2.43. The number of tetrazole rings is 1. The molecule has 9 nitrogen and oxygen atoms in total. The number of carbonyl (C=O) groups excluding carboxylic acids is 1. The minimum Gasteiger partial charge on any atom is -0.378 e. The summed E-state index contributed by atoms with van der Waals surface area (Å²) in [5.74, 6) is 0.259. The molecule has 2 aromatic rings. The number of methoxy groups -OCH3 is 1. The Hall–Kier alpha value is -2.39. The summed E-state index contributed by atoms with van der Waals surface area (Å²) in [4.78, 5) is 16.7. The zero-order chi connectivity index (χ0) is 15.4. The van der Waals surface area contributed by atoms with Crippen LogP contribution in [-0.2, 0) is 4.74 Å². The van der Waals surface area contributed by atoms with Crippen molar-refractivity contribution in [2.75, 3.05) is 20.2 Å². The van der Waals surface area contributed by atoms with Gasteiger partial charge in [-0.1, -0.05) is 6.07 Å². The number of pyridine rings is 1. The molecule has 1 fully saturated rings. The zero-order valence-corrected chi connectivity index (χ0v) is 12.1. The standard InChI is InChI=1S/C13H17N7O2/c1-22-11-7-14-6-5-9(11)17-13(21)10-3-2-4-12(16-10)20-8-15-18-19-20/h2-4,8-9,11,14H,5-7H2,1H3,(H,17,21)/t9-,11+/m1/s1. The number of rotatable bonds is 4. The van der Waals surface area contributed by atoms with Crippen LogP contribution in [0.15, 0.2) is 24.5 Å². The molecule has 22 heavy (non-hydrogen) atoms. The second-order valence-corrected chi connectivity index (χ2v) is 4.98. The zero-order valence-electron chi connectivity index (χ0n) is 12.1. The molecule has 116 valence electrons. The van der Waals surface area contributed by atoms with Crippen molar-refractivity contribution in [2.45, 2.75) is 18.6 Å². The first-order chi connectivity index (χ1) is 10.8. The van der Waals surface area contributed by atoms with Crippen LogP contribution in [0.4, 0.5) is 0 Å². The highest BCUT2D eigenvalue weighted by molar-refractivity contribution is 5.92. The van der Waals surface area contributed by atoms with Gasteiger partial charge in [0, 0.05) is 13.7 Å². The van der Waals surface area contributed by atoms with Crippen LogP contribution in [0.3, 0.4) is 0 Å². The van der Waals surface area contributed by atoms with Crippen molar-refractivity contribution in [3.8, 4) is 5.82 Å². The summed E-state index contributed by atoms with van der Waals surface area (Å²) >= 11 is 0. The van der Waals surface area contributed by atoms with E-state index in [-0.39, 0.29) is 18.1 Å². The van der Waals surface area contributed by atoms with E-state index < -0.39 is 0 Å². The fourth-order valence-corrected chi connectivity index (χ4v) is 2.43. The number of nitrogens with one attached hydrogen (secondary N) is 2. The molecule has 1 amide bonds. The van der Waals surface area contributed by atoms with E-state index in [0.717, 1.165) is 19.5 Å². The van der Waals surface area contributed by atoms with Crippen molar-refractivity contribution in [1.82, 2.24) is 35.8 Å². The number of piperidine rings is 1. The summed E-state index contributed by atoms with van der Waals surface area (Å²) < 4.78 is 6.80. The first-order valence-corrected chi connectivity index (χ1v) is 7.02. The van der Waals surface area contributed by atoms with Gasteiger partial charge in [-0.2, -0.15) is 4.68 Å². The number of amides is 1. The number of hydrogen-bond acceptors (Lipinski definition) is 7. The van der Waals surface area contributed by atoms with E-state index in [0.29, 0.717) is 11.5 Å². The number of ether oxygens (including phenoxy) is 1. The van der Waals surface area contributed by atoms with E-state index in [9.17, 15) is 4.79 Å². The van der Waals surface area contributed by atoms with E-state index in [2.05, 4.69) is 31.1 Å².